The highest BCUT2D eigenvalue weighted by Gasteiger charge is 2.17. The normalized spacial score (nSPS) is 21.5. The van der Waals surface area contributed by atoms with E-state index in [1.54, 1.807) is 0 Å². The maximum absolute atomic E-state index is 5.95. The van der Waals surface area contributed by atoms with Gasteiger partial charge in [0.1, 0.15) is 11.5 Å². The lowest BCUT2D eigenvalue weighted by Gasteiger charge is -2.20. The van der Waals surface area contributed by atoms with Crippen LogP contribution in [0.3, 0.4) is 0 Å². The van der Waals surface area contributed by atoms with E-state index < -0.39 is 0 Å². The van der Waals surface area contributed by atoms with Gasteiger partial charge in [0.2, 0.25) is 0 Å². The molecule has 4 nitrogen and oxygen atoms in total. The van der Waals surface area contributed by atoms with Crippen LogP contribution in [0.4, 0.5) is 0 Å². The highest BCUT2D eigenvalue weighted by atomic mass is 16.5. The van der Waals surface area contributed by atoms with Crippen LogP contribution in [0.2, 0.25) is 0 Å². The van der Waals surface area contributed by atoms with Gasteiger partial charge in [0.05, 0.1) is 19.2 Å². The second-order valence-corrected chi connectivity index (χ2v) is 5.37. The molecule has 0 amide bonds. The van der Waals surface area contributed by atoms with Gasteiger partial charge in [-0.2, -0.15) is 0 Å². The summed E-state index contributed by atoms with van der Waals surface area (Å²) in [6.45, 7) is 12.0. The molecule has 1 fully saturated rings. The zero-order valence-corrected chi connectivity index (χ0v) is 12.4. The third-order valence-corrected chi connectivity index (χ3v) is 3.52. The van der Waals surface area contributed by atoms with Gasteiger partial charge in [-0.1, -0.05) is 6.92 Å². The van der Waals surface area contributed by atoms with Crippen molar-refractivity contribution in [2.45, 2.75) is 46.4 Å². The van der Waals surface area contributed by atoms with E-state index in [1.807, 2.05) is 0 Å². The van der Waals surface area contributed by atoms with Crippen LogP contribution in [0.1, 0.15) is 37.4 Å². The van der Waals surface area contributed by atoms with E-state index in [2.05, 4.69) is 37.1 Å². The highest BCUT2D eigenvalue weighted by Crippen LogP contribution is 2.17. The number of rotatable bonds is 5. The summed E-state index contributed by atoms with van der Waals surface area (Å²) in [5.74, 6) is 2.13. The Bertz CT molecular complexity index is 389. The molecule has 0 spiro atoms. The monoisotopic (exact) mass is 266 g/mol. The van der Waals surface area contributed by atoms with Crippen molar-refractivity contribution in [1.29, 1.82) is 0 Å². The van der Waals surface area contributed by atoms with Gasteiger partial charge in [0.15, 0.2) is 0 Å². The standard InChI is InChI=1S/C15H26N2O2/c1-4-16-9-15-12(2)8-14(19-15)11-17-6-5-7-18-13(3)10-17/h8,13,16H,4-7,9-11H2,1-3H3. The summed E-state index contributed by atoms with van der Waals surface area (Å²) in [6.07, 6.45) is 1.42. The number of nitrogens with zero attached hydrogens (tertiary/aromatic N) is 1. The van der Waals surface area contributed by atoms with E-state index >= 15 is 0 Å². The van der Waals surface area contributed by atoms with Crippen LogP contribution in [0.5, 0.6) is 0 Å². The minimum Gasteiger partial charge on any atom is -0.463 e. The molecule has 0 bridgehead atoms. The first-order valence-corrected chi connectivity index (χ1v) is 7.32. The molecule has 0 saturated carbocycles. The molecular formula is C15H26N2O2. The lowest BCUT2D eigenvalue weighted by molar-refractivity contribution is 0.0658. The molecule has 1 unspecified atom stereocenters. The second-order valence-electron chi connectivity index (χ2n) is 5.37. The number of nitrogens with one attached hydrogen (secondary N) is 1. The molecule has 19 heavy (non-hydrogen) atoms. The van der Waals surface area contributed by atoms with Gasteiger partial charge >= 0.3 is 0 Å². The van der Waals surface area contributed by atoms with Crippen molar-refractivity contribution < 1.29 is 9.15 Å². The Morgan fingerprint density at radius 2 is 2.32 bits per heavy atom. The maximum Gasteiger partial charge on any atom is 0.120 e. The Labute approximate surface area is 116 Å². The maximum atomic E-state index is 5.95. The largest absolute Gasteiger partial charge is 0.463 e. The zero-order valence-electron chi connectivity index (χ0n) is 12.4. The van der Waals surface area contributed by atoms with Crippen LogP contribution >= 0.6 is 0 Å². The van der Waals surface area contributed by atoms with Gasteiger partial charge in [-0.05, 0) is 38.4 Å². The molecule has 1 aromatic rings. The average molecular weight is 266 g/mol. The molecule has 1 saturated heterocycles. The minimum absolute atomic E-state index is 0.319. The third kappa shape index (κ3) is 4.34. The Hall–Kier alpha value is -0.840. The fraction of sp³-hybridized carbons (Fsp3) is 0.733. The van der Waals surface area contributed by atoms with Crippen molar-refractivity contribution in [2.75, 3.05) is 26.2 Å². The summed E-state index contributed by atoms with van der Waals surface area (Å²) in [6, 6.07) is 2.17. The molecule has 4 heteroatoms. The van der Waals surface area contributed by atoms with Crippen LogP contribution < -0.4 is 5.32 Å². The first kappa shape index (κ1) is 14.6. The average Bonchev–Trinajstić information content (AvgIpc) is 2.57. The van der Waals surface area contributed by atoms with Crippen molar-refractivity contribution in [3.63, 3.8) is 0 Å². The molecule has 0 aromatic carbocycles. The first-order chi connectivity index (χ1) is 9.19. The molecule has 1 aromatic heterocycles. The van der Waals surface area contributed by atoms with Gasteiger partial charge in [-0.15, -0.1) is 0 Å². The van der Waals surface area contributed by atoms with Crippen LogP contribution in [-0.4, -0.2) is 37.2 Å². The molecule has 1 aliphatic heterocycles. The smallest absolute Gasteiger partial charge is 0.120 e. The number of furan rings is 1. The summed E-state index contributed by atoms with van der Waals surface area (Å²) < 4.78 is 11.6. The van der Waals surface area contributed by atoms with Crippen LogP contribution in [-0.2, 0) is 17.8 Å². The van der Waals surface area contributed by atoms with E-state index in [0.29, 0.717) is 6.10 Å². The third-order valence-electron chi connectivity index (χ3n) is 3.52. The molecule has 2 heterocycles. The summed E-state index contributed by atoms with van der Waals surface area (Å²) >= 11 is 0. The molecular weight excluding hydrogens is 240 g/mol. The highest BCUT2D eigenvalue weighted by molar-refractivity contribution is 5.20. The lowest BCUT2D eigenvalue weighted by Crippen LogP contribution is -2.29. The fourth-order valence-corrected chi connectivity index (χ4v) is 2.53. The molecule has 0 radical (unpaired) electrons. The van der Waals surface area contributed by atoms with Gasteiger partial charge in [-0.25, -0.2) is 0 Å². The van der Waals surface area contributed by atoms with Gasteiger partial charge < -0.3 is 14.5 Å². The molecule has 1 aliphatic rings. The van der Waals surface area contributed by atoms with E-state index in [-0.39, 0.29) is 0 Å². The Morgan fingerprint density at radius 3 is 3.11 bits per heavy atom. The van der Waals surface area contributed by atoms with Crippen molar-refractivity contribution >= 4 is 0 Å². The van der Waals surface area contributed by atoms with E-state index in [1.165, 1.54) is 5.56 Å². The summed E-state index contributed by atoms with van der Waals surface area (Å²) in [4.78, 5) is 2.42. The Morgan fingerprint density at radius 1 is 1.47 bits per heavy atom. The predicted octanol–water partition coefficient (Wildman–Crippen LogP) is 2.31. The van der Waals surface area contributed by atoms with Gasteiger partial charge in [-0.3, -0.25) is 4.90 Å². The summed E-state index contributed by atoms with van der Waals surface area (Å²) in [5.41, 5.74) is 1.25. The fourth-order valence-electron chi connectivity index (χ4n) is 2.53. The quantitative estimate of drug-likeness (QED) is 0.887. The van der Waals surface area contributed by atoms with E-state index in [9.17, 15) is 0 Å². The second kappa shape index (κ2) is 7.08. The SMILES string of the molecule is CCNCc1oc(CN2CCCOC(C)C2)cc1C. The van der Waals surface area contributed by atoms with Gasteiger partial charge in [0, 0.05) is 19.7 Å². The summed E-state index contributed by atoms with van der Waals surface area (Å²) in [7, 11) is 0. The topological polar surface area (TPSA) is 37.6 Å². The van der Waals surface area contributed by atoms with Crippen molar-refractivity contribution in [3.8, 4) is 0 Å². The molecule has 0 aliphatic carbocycles. The Balaban J connectivity index is 1.94. The summed E-state index contributed by atoms with van der Waals surface area (Å²) in [5, 5.41) is 3.31. The zero-order chi connectivity index (χ0) is 13.7. The first-order valence-electron chi connectivity index (χ1n) is 7.32. The van der Waals surface area contributed by atoms with Crippen LogP contribution in [0, 0.1) is 6.92 Å². The van der Waals surface area contributed by atoms with Crippen molar-refractivity contribution in [3.05, 3.63) is 23.2 Å². The number of hydrogen-bond acceptors (Lipinski definition) is 4. The number of aryl methyl sites for hydroxylation is 1. The number of hydrogen-bond donors (Lipinski definition) is 1. The molecule has 1 atom stereocenters. The molecule has 2 rings (SSSR count). The number of ether oxygens (including phenoxy) is 1. The van der Waals surface area contributed by atoms with Gasteiger partial charge in [0.25, 0.3) is 0 Å². The van der Waals surface area contributed by atoms with E-state index in [0.717, 1.165) is 57.3 Å². The van der Waals surface area contributed by atoms with Crippen molar-refractivity contribution in [1.82, 2.24) is 10.2 Å². The van der Waals surface area contributed by atoms with Crippen molar-refractivity contribution in [2.24, 2.45) is 0 Å². The predicted molar refractivity (Wildman–Crippen MR) is 76.1 cm³/mol. The lowest BCUT2D eigenvalue weighted by atomic mass is 10.2. The van der Waals surface area contributed by atoms with Crippen LogP contribution in [0.15, 0.2) is 10.5 Å². The Kier molecular flexibility index (Phi) is 5.43. The van der Waals surface area contributed by atoms with E-state index in [4.69, 9.17) is 9.15 Å². The molecule has 108 valence electrons. The minimum atomic E-state index is 0.319. The molecule has 1 N–H and O–H groups in total. The van der Waals surface area contributed by atoms with Crippen LogP contribution in [0.25, 0.3) is 0 Å².